The quantitative estimate of drug-likeness (QED) is 0.612. The van der Waals surface area contributed by atoms with Gasteiger partial charge in [-0.15, -0.1) is 10.2 Å². The van der Waals surface area contributed by atoms with Gasteiger partial charge in [0, 0.05) is 12.6 Å². The minimum atomic E-state index is -0.338. The molecule has 9 heteroatoms. The predicted octanol–water partition coefficient (Wildman–Crippen LogP) is 3.82. The number of aryl methyl sites for hydroxylation is 1. The lowest BCUT2D eigenvalue weighted by molar-refractivity contribution is 0.324. The van der Waals surface area contributed by atoms with Gasteiger partial charge in [0.05, 0.1) is 6.61 Å². The van der Waals surface area contributed by atoms with Crippen LogP contribution in [-0.2, 0) is 6.54 Å². The number of nitrogens with zero attached hydrogens (tertiary/aromatic N) is 4. The standard InChI is InChI=1S/C14H19N5O3S/c1-4-6-7-19-13(20)11(12(21-5-2)15-14(19)23)17-16-10-8-9(3)22-18-10/h8H,4-7H2,1-3H3,(H,15,23). The van der Waals surface area contributed by atoms with E-state index in [9.17, 15) is 4.79 Å². The Kier molecular flexibility index (Phi) is 5.80. The van der Waals surface area contributed by atoms with E-state index >= 15 is 0 Å². The van der Waals surface area contributed by atoms with E-state index < -0.39 is 0 Å². The Bertz CT molecular complexity index is 805. The minimum Gasteiger partial charge on any atom is -0.478 e. The third kappa shape index (κ3) is 4.13. The molecule has 2 heterocycles. The van der Waals surface area contributed by atoms with E-state index in [1.54, 1.807) is 19.9 Å². The van der Waals surface area contributed by atoms with Crippen molar-refractivity contribution in [1.82, 2.24) is 14.7 Å². The summed E-state index contributed by atoms with van der Waals surface area (Å²) in [6, 6.07) is 1.62. The summed E-state index contributed by atoms with van der Waals surface area (Å²) in [6.45, 7) is 6.48. The largest absolute Gasteiger partial charge is 0.478 e. The van der Waals surface area contributed by atoms with Crippen LogP contribution in [0, 0.1) is 11.7 Å². The first-order valence-corrected chi connectivity index (χ1v) is 7.82. The molecule has 0 atom stereocenters. The van der Waals surface area contributed by atoms with Gasteiger partial charge in [-0.05, 0) is 32.5 Å². The maximum atomic E-state index is 12.6. The molecule has 23 heavy (non-hydrogen) atoms. The van der Waals surface area contributed by atoms with Gasteiger partial charge in [0.2, 0.25) is 17.4 Å². The maximum Gasteiger partial charge on any atom is 0.286 e. The average Bonchev–Trinajstić information content (AvgIpc) is 2.92. The summed E-state index contributed by atoms with van der Waals surface area (Å²) in [4.78, 5) is 15.5. The van der Waals surface area contributed by atoms with E-state index in [4.69, 9.17) is 21.5 Å². The maximum absolute atomic E-state index is 12.6. The number of nitrogens with one attached hydrogen (secondary N) is 1. The van der Waals surface area contributed by atoms with Crippen molar-refractivity contribution in [2.75, 3.05) is 6.61 Å². The van der Waals surface area contributed by atoms with E-state index in [1.165, 1.54) is 4.57 Å². The highest BCUT2D eigenvalue weighted by atomic mass is 32.1. The van der Waals surface area contributed by atoms with Crippen molar-refractivity contribution < 1.29 is 9.26 Å². The fraction of sp³-hybridized carbons (Fsp3) is 0.500. The molecule has 0 aliphatic heterocycles. The molecule has 0 bridgehead atoms. The zero-order chi connectivity index (χ0) is 16.8. The van der Waals surface area contributed by atoms with Crippen LogP contribution in [0.4, 0.5) is 11.5 Å². The van der Waals surface area contributed by atoms with Gasteiger partial charge in [0.25, 0.3) is 5.56 Å². The summed E-state index contributed by atoms with van der Waals surface area (Å²) < 4.78 is 12.1. The fourth-order valence-corrected chi connectivity index (χ4v) is 2.17. The molecule has 0 saturated carbocycles. The molecule has 2 rings (SSSR count). The van der Waals surface area contributed by atoms with Crippen LogP contribution in [0.1, 0.15) is 32.4 Å². The van der Waals surface area contributed by atoms with Crippen molar-refractivity contribution in [2.24, 2.45) is 10.2 Å². The summed E-state index contributed by atoms with van der Waals surface area (Å²) in [5, 5.41) is 11.6. The van der Waals surface area contributed by atoms with Crippen molar-refractivity contribution >= 4 is 23.7 Å². The molecule has 0 amide bonds. The second kappa shape index (κ2) is 7.82. The van der Waals surface area contributed by atoms with Gasteiger partial charge in [-0.2, -0.15) is 0 Å². The molecule has 0 fully saturated rings. The number of ether oxygens (including phenoxy) is 1. The van der Waals surface area contributed by atoms with E-state index in [-0.39, 0.29) is 22.9 Å². The molecule has 0 unspecified atom stereocenters. The van der Waals surface area contributed by atoms with Crippen LogP contribution in [0.3, 0.4) is 0 Å². The lowest BCUT2D eigenvalue weighted by Crippen LogP contribution is -2.22. The lowest BCUT2D eigenvalue weighted by Gasteiger charge is -2.10. The molecule has 0 radical (unpaired) electrons. The molecule has 8 nitrogen and oxygen atoms in total. The van der Waals surface area contributed by atoms with Crippen molar-refractivity contribution in [3.05, 3.63) is 27.0 Å². The van der Waals surface area contributed by atoms with Gasteiger partial charge in [-0.25, -0.2) is 0 Å². The molecule has 124 valence electrons. The zero-order valence-electron chi connectivity index (χ0n) is 13.3. The van der Waals surface area contributed by atoms with Crippen LogP contribution in [0.15, 0.2) is 25.6 Å². The summed E-state index contributed by atoms with van der Waals surface area (Å²) >= 11 is 5.22. The van der Waals surface area contributed by atoms with Gasteiger partial charge in [0.1, 0.15) is 5.76 Å². The number of azo groups is 1. The van der Waals surface area contributed by atoms with Gasteiger partial charge >= 0.3 is 0 Å². The van der Waals surface area contributed by atoms with Gasteiger partial charge < -0.3 is 14.2 Å². The third-order valence-electron chi connectivity index (χ3n) is 3.02. The smallest absolute Gasteiger partial charge is 0.286 e. The first-order valence-electron chi connectivity index (χ1n) is 7.41. The number of H-pyrrole nitrogens is 1. The lowest BCUT2D eigenvalue weighted by atomic mass is 10.3. The Morgan fingerprint density at radius 3 is 2.83 bits per heavy atom. The number of hydrogen-bond acceptors (Lipinski definition) is 7. The number of aromatic amines is 1. The molecular formula is C14H19N5O3S. The van der Waals surface area contributed by atoms with Crippen LogP contribution in [0.5, 0.6) is 5.88 Å². The van der Waals surface area contributed by atoms with Crippen LogP contribution >= 0.6 is 12.2 Å². The van der Waals surface area contributed by atoms with Crippen LogP contribution in [0.25, 0.3) is 0 Å². The Hall–Kier alpha value is -2.29. The van der Waals surface area contributed by atoms with Gasteiger partial charge in [-0.3, -0.25) is 9.36 Å². The van der Waals surface area contributed by atoms with E-state index in [2.05, 4.69) is 20.4 Å². The van der Waals surface area contributed by atoms with E-state index in [0.717, 1.165) is 12.8 Å². The molecule has 0 aliphatic carbocycles. The minimum absolute atomic E-state index is 0.0669. The first-order chi connectivity index (χ1) is 11.1. The molecule has 0 saturated heterocycles. The van der Waals surface area contributed by atoms with Gasteiger partial charge in [-0.1, -0.05) is 18.5 Å². The topological polar surface area (TPSA) is 97.8 Å². The first kappa shape index (κ1) is 17.1. The number of rotatable bonds is 7. The molecule has 2 aromatic rings. The summed E-state index contributed by atoms with van der Waals surface area (Å²) in [7, 11) is 0. The fourth-order valence-electron chi connectivity index (χ4n) is 1.90. The van der Waals surface area contributed by atoms with Crippen LogP contribution < -0.4 is 10.3 Å². The van der Waals surface area contributed by atoms with Crippen LogP contribution in [-0.4, -0.2) is 21.3 Å². The predicted molar refractivity (Wildman–Crippen MR) is 87.4 cm³/mol. The van der Waals surface area contributed by atoms with E-state index in [1.807, 2.05) is 6.92 Å². The third-order valence-corrected chi connectivity index (χ3v) is 3.34. The number of unbranched alkanes of at least 4 members (excludes halogenated alkanes) is 1. The highest BCUT2D eigenvalue weighted by Crippen LogP contribution is 2.23. The molecule has 1 N–H and O–H groups in total. The molecule has 0 aliphatic rings. The Balaban J connectivity index is 2.47. The van der Waals surface area contributed by atoms with Crippen molar-refractivity contribution in [2.45, 2.75) is 40.2 Å². The Morgan fingerprint density at radius 1 is 1.43 bits per heavy atom. The molecular weight excluding hydrogens is 318 g/mol. The highest BCUT2D eigenvalue weighted by molar-refractivity contribution is 7.71. The Labute approximate surface area is 138 Å². The average molecular weight is 337 g/mol. The molecule has 0 spiro atoms. The van der Waals surface area contributed by atoms with E-state index in [0.29, 0.717) is 23.7 Å². The second-order valence-corrected chi connectivity index (χ2v) is 5.23. The molecule has 2 aromatic heterocycles. The van der Waals surface area contributed by atoms with Crippen molar-refractivity contribution in [3.63, 3.8) is 0 Å². The SMILES string of the molecule is CCCCn1c(=S)[nH]c(OCC)c(N=Nc2cc(C)on2)c1=O. The molecule has 0 aromatic carbocycles. The highest BCUT2D eigenvalue weighted by Gasteiger charge is 2.14. The zero-order valence-corrected chi connectivity index (χ0v) is 14.1. The van der Waals surface area contributed by atoms with Gasteiger partial charge in [0.15, 0.2) is 4.77 Å². The second-order valence-electron chi connectivity index (χ2n) is 4.85. The summed E-state index contributed by atoms with van der Waals surface area (Å²) in [5.74, 6) is 1.10. The Morgan fingerprint density at radius 2 is 2.22 bits per heavy atom. The number of aromatic nitrogens is 3. The monoisotopic (exact) mass is 337 g/mol. The number of hydrogen-bond donors (Lipinski definition) is 1. The normalized spacial score (nSPS) is 11.3. The van der Waals surface area contributed by atoms with Crippen molar-refractivity contribution in [3.8, 4) is 5.88 Å². The summed E-state index contributed by atoms with van der Waals surface area (Å²) in [5.41, 5.74) is -0.271. The van der Waals surface area contributed by atoms with Crippen LogP contribution in [0.2, 0.25) is 0 Å². The summed E-state index contributed by atoms with van der Waals surface area (Å²) in [6.07, 6.45) is 1.79. The van der Waals surface area contributed by atoms with Crippen molar-refractivity contribution in [1.29, 1.82) is 0 Å².